The van der Waals surface area contributed by atoms with Gasteiger partial charge in [0.25, 0.3) is 0 Å². The highest BCUT2D eigenvalue weighted by atomic mass is 35.5. The highest BCUT2D eigenvalue weighted by Crippen LogP contribution is 2.36. The lowest BCUT2D eigenvalue weighted by molar-refractivity contribution is 0.122. The summed E-state index contributed by atoms with van der Waals surface area (Å²) in [4.78, 5) is 6.94. The van der Waals surface area contributed by atoms with Gasteiger partial charge in [0.05, 0.1) is 13.2 Å². The Morgan fingerprint density at radius 3 is 2.81 bits per heavy atom. The molecule has 1 aromatic rings. The lowest BCUT2D eigenvalue weighted by Crippen LogP contribution is -2.41. The topological polar surface area (TPSA) is 24.8 Å². The molecule has 0 aromatic heterocycles. The molecule has 0 aliphatic carbocycles. The number of likely N-dealkylation sites (tertiary alicyclic amines) is 1. The number of halogens is 1. The fourth-order valence-electron chi connectivity index (χ4n) is 3.85. The summed E-state index contributed by atoms with van der Waals surface area (Å²) < 4.78 is 5.51. The lowest BCUT2D eigenvalue weighted by Gasteiger charge is -2.35. The van der Waals surface area contributed by atoms with Gasteiger partial charge >= 0.3 is 0 Å². The third-order valence-corrected chi connectivity index (χ3v) is 5.47. The minimum Gasteiger partial charge on any atom is -0.380 e. The standard InChI is InChI=1S/C17H21ClN2O/c18-17-8-14-10-19-9-13(14)7-16(17)12-1-4-20(5-2-12)15-3-6-21-11-15/h7-8,10,12,15H,1-6,9,11H2. The number of piperidine rings is 1. The van der Waals surface area contributed by atoms with E-state index < -0.39 is 0 Å². The monoisotopic (exact) mass is 304 g/mol. The van der Waals surface area contributed by atoms with Gasteiger partial charge in [-0.2, -0.15) is 0 Å². The molecule has 0 radical (unpaired) electrons. The van der Waals surface area contributed by atoms with E-state index in [0.717, 1.165) is 24.8 Å². The molecule has 0 bridgehead atoms. The number of ether oxygens (including phenoxy) is 1. The predicted octanol–water partition coefficient (Wildman–Crippen LogP) is 3.24. The molecular formula is C17H21ClN2O. The van der Waals surface area contributed by atoms with Gasteiger partial charge in [-0.05, 0) is 61.0 Å². The number of nitrogens with zero attached hydrogens (tertiary/aromatic N) is 2. The van der Waals surface area contributed by atoms with Gasteiger partial charge in [0, 0.05) is 23.9 Å². The first-order valence-electron chi connectivity index (χ1n) is 7.95. The SMILES string of the molecule is Clc1cc2c(cc1C1CCN(C3CCOC3)CC1)CN=C2. The maximum atomic E-state index is 6.51. The Hall–Kier alpha value is -0.900. The summed E-state index contributed by atoms with van der Waals surface area (Å²) in [5.41, 5.74) is 3.87. The molecule has 0 spiro atoms. The zero-order valence-electron chi connectivity index (χ0n) is 12.2. The van der Waals surface area contributed by atoms with Gasteiger partial charge in [0.15, 0.2) is 0 Å². The second-order valence-electron chi connectivity index (χ2n) is 6.37. The van der Waals surface area contributed by atoms with Gasteiger partial charge in [-0.15, -0.1) is 0 Å². The molecule has 21 heavy (non-hydrogen) atoms. The van der Waals surface area contributed by atoms with Crippen LogP contribution in [0.3, 0.4) is 0 Å². The highest BCUT2D eigenvalue weighted by Gasteiger charge is 2.29. The largest absolute Gasteiger partial charge is 0.380 e. The van der Waals surface area contributed by atoms with Crippen LogP contribution in [0.2, 0.25) is 5.02 Å². The van der Waals surface area contributed by atoms with Crippen LogP contribution in [-0.2, 0) is 11.3 Å². The average Bonchev–Trinajstić information content (AvgIpc) is 3.17. The second-order valence-corrected chi connectivity index (χ2v) is 6.78. The molecule has 1 unspecified atom stereocenters. The van der Waals surface area contributed by atoms with E-state index in [2.05, 4.69) is 22.0 Å². The molecule has 112 valence electrons. The van der Waals surface area contributed by atoms with Crippen LogP contribution in [-0.4, -0.2) is 43.5 Å². The third-order valence-electron chi connectivity index (χ3n) is 5.14. The van der Waals surface area contributed by atoms with Crippen molar-refractivity contribution in [1.82, 2.24) is 4.90 Å². The number of aliphatic imine (C=N–C) groups is 1. The van der Waals surface area contributed by atoms with E-state index in [-0.39, 0.29) is 0 Å². The Balaban J connectivity index is 1.46. The van der Waals surface area contributed by atoms with Crippen LogP contribution in [0, 0.1) is 0 Å². The van der Waals surface area contributed by atoms with Crippen LogP contribution in [0.4, 0.5) is 0 Å². The number of benzene rings is 1. The highest BCUT2D eigenvalue weighted by molar-refractivity contribution is 6.31. The smallest absolute Gasteiger partial charge is 0.0646 e. The zero-order valence-corrected chi connectivity index (χ0v) is 13.0. The number of hydrogen-bond donors (Lipinski definition) is 0. The lowest BCUT2D eigenvalue weighted by atomic mass is 9.87. The molecule has 0 saturated carbocycles. The Bertz CT molecular complexity index is 558. The summed E-state index contributed by atoms with van der Waals surface area (Å²) in [6.07, 6.45) is 5.54. The van der Waals surface area contributed by atoms with E-state index in [4.69, 9.17) is 16.3 Å². The molecule has 1 aromatic carbocycles. The molecule has 3 nitrogen and oxygen atoms in total. The van der Waals surface area contributed by atoms with Crippen LogP contribution in [0.5, 0.6) is 0 Å². The van der Waals surface area contributed by atoms with Crippen molar-refractivity contribution in [2.24, 2.45) is 4.99 Å². The maximum Gasteiger partial charge on any atom is 0.0646 e. The van der Waals surface area contributed by atoms with Crippen LogP contribution in [0.15, 0.2) is 17.1 Å². The molecule has 4 heteroatoms. The van der Waals surface area contributed by atoms with Gasteiger partial charge < -0.3 is 4.74 Å². The van der Waals surface area contributed by atoms with Crippen molar-refractivity contribution in [2.75, 3.05) is 26.3 Å². The van der Waals surface area contributed by atoms with Crippen molar-refractivity contribution in [2.45, 2.75) is 37.8 Å². The van der Waals surface area contributed by atoms with E-state index in [1.165, 1.54) is 49.0 Å². The molecule has 3 heterocycles. The van der Waals surface area contributed by atoms with E-state index in [1.54, 1.807) is 0 Å². The van der Waals surface area contributed by atoms with Crippen molar-refractivity contribution >= 4 is 17.8 Å². The van der Waals surface area contributed by atoms with Gasteiger partial charge in [-0.25, -0.2) is 0 Å². The number of hydrogen-bond acceptors (Lipinski definition) is 3. The third kappa shape index (κ3) is 2.63. The summed E-state index contributed by atoms with van der Waals surface area (Å²) in [5.74, 6) is 0.599. The van der Waals surface area contributed by atoms with Crippen molar-refractivity contribution in [3.63, 3.8) is 0 Å². The van der Waals surface area contributed by atoms with Crippen LogP contribution >= 0.6 is 11.6 Å². The first-order chi connectivity index (χ1) is 10.3. The van der Waals surface area contributed by atoms with Crippen LogP contribution < -0.4 is 0 Å². The van der Waals surface area contributed by atoms with Crippen molar-refractivity contribution in [3.05, 3.63) is 33.8 Å². The van der Waals surface area contributed by atoms with E-state index >= 15 is 0 Å². The minimum absolute atomic E-state index is 0.599. The van der Waals surface area contributed by atoms with E-state index in [0.29, 0.717) is 12.0 Å². The summed E-state index contributed by atoms with van der Waals surface area (Å²) >= 11 is 6.51. The van der Waals surface area contributed by atoms with E-state index in [9.17, 15) is 0 Å². The molecular weight excluding hydrogens is 284 g/mol. The Morgan fingerprint density at radius 2 is 2.05 bits per heavy atom. The fourth-order valence-corrected chi connectivity index (χ4v) is 4.18. The molecule has 4 rings (SSSR count). The zero-order chi connectivity index (χ0) is 14.2. The molecule has 2 fully saturated rings. The summed E-state index contributed by atoms with van der Waals surface area (Å²) in [6.45, 7) is 5.01. The molecule has 2 saturated heterocycles. The summed E-state index contributed by atoms with van der Waals surface area (Å²) in [7, 11) is 0. The van der Waals surface area contributed by atoms with Gasteiger partial charge in [-0.3, -0.25) is 9.89 Å². The van der Waals surface area contributed by atoms with Crippen molar-refractivity contribution in [3.8, 4) is 0 Å². The second kappa shape index (κ2) is 5.71. The van der Waals surface area contributed by atoms with Crippen molar-refractivity contribution < 1.29 is 4.74 Å². The first-order valence-corrected chi connectivity index (χ1v) is 8.33. The van der Waals surface area contributed by atoms with Crippen LogP contribution in [0.1, 0.15) is 41.9 Å². The van der Waals surface area contributed by atoms with Gasteiger partial charge in [0.2, 0.25) is 0 Å². The first kappa shape index (κ1) is 13.7. The fraction of sp³-hybridized carbons (Fsp3) is 0.588. The van der Waals surface area contributed by atoms with Gasteiger partial charge in [0.1, 0.15) is 0 Å². The Morgan fingerprint density at radius 1 is 1.19 bits per heavy atom. The predicted molar refractivity (Wildman–Crippen MR) is 85.5 cm³/mol. The van der Waals surface area contributed by atoms with Crippen molar-refractivity contribution in [1.29, 1.82) is 0 Å². The minimum atomic E-state index is 0.599. The number of rotatable bonds is 2. The average molecular weight is 305 g/mol. The van der Waals surface area contributed by atoms with Gasteiger partial charge in [-0.1, -0.05) is 17.7 Å². The quantitative estimate of drug-likeness (QED) is 0.838. The molecule has 0 N–H and O–H groups in total. The normalized spacial score (nSPS) is 26.4. The molecule has 0 amide bonds. The summed E-state index contributed by atoms with van der Waals surface area (Å²) in [6, 6.07) is 5.04. The maximum absolute atomic E-state index is 6.51. The molecule has 1 atom stereocenters. The number of fused-ring (bicyclic) bond motifs is 1. The summed E-state index contributed by atoms with van der Waals surface area (Å²) in [5, 5.41) is 0.921. The molecule has 3 aliphatic rings. The Kier molecular flexibility index (Phi) is 3.74. The molecule has 3 aliphatic heterocycles. The Labute approximate surface area is 131 Å². The van der Waals surface area contributed by atoms with Crippen LogP contribution in [0.25, 0.3) is 0 Å². The van der Waals surface area contributed by atoms with E-state index in [1.807, 2.05) is 6.21 Å².